The Bertz CT molecular complexity index is 1230. The maximum atomic E-state index is 14.6. The fourth-order valence-electron chi connectivity index (χ4n) is 5.77. The number of rotatable bonds is 3. The van der Waals surface area contributed by atoms with E-state index < -0.39 is 0 Å². The average molecular weight is 456 g/mol. The van der Waals surface area contributed by atoms with Crippen LogP contribution in [0.2, 0.25) is 0 Å². The molecule has 5 heteroatoms. The van der Waals surface area contributed by atoms with E-state index in [4.69, 9.17) is 9.47 Å². The molecule has 0 spiro atoms. The molecule has 1 aliphatic carbocycles. The van der Waals surface area contributed by atoms with Crippen LogP contribution in [-0.2, 0) is 9.47 Å². The molecule has 3 aliphatic rings. The van der Waals surface area contributed by atoms with Gasteiger partial charge in [-0.1, -0.05) is 66.7 Å². The quantitative estimate of drug-likeness (QED) is 0.491. The number of ether oxygens (including phenoxy) is 2. The Balaban J connectivity index is 1.24. The Labute approximate surface area is 198 Å². The number of amides is 1. The highest BCUT2D eigenvalue weighted by Gasteiger charge is 2.40. The molecule has 1 fully saturated rings. The normalized spacial score (nSPS) is 21.0. The number of fused-ring (bicyclic) bond motifs is 5. The minimum atomic E-state index is -0.333. The fraction of sp³-hybridized carbons (Fsp3) is 0.276. The number of aryl methyl sites for hydroxylation is 1. The maximum absolute atomic E-state index is 14.6. The van der Waals surface area contributed by atoms with Gasteiger partial charge in [0.1, 0.15) is 12.4 Å². The van der Waals surface area contributed by atoms with Gasteiger partial charge in [-0.2, -0.15) is 0 Å². The third kappa shape index (κ3) is 3.43. The molecule has 1 amide bonds. The average Bonchev–Trinajstić information content (AvgIpc) is 3.15. The molecule has 2 unspecified atom stereocenters. The summed E-state index contributed by atoms with van der Waals surface area (Å²) in [5.41, 5.74) is 7.28. The van der Waals surface area contributed by atoms with E-state index >= 15 is 0 Å². The van der Waals surface area contributed by atoms with Gasteiger partial charge in [-0.25, -0.2) is 9.18 Å². The number of morpholine rings is 1. The number of carbonyl (C=O) groups is 1. The molecular weight excluding hydrogens is 429 g/mol. The first-order valence-electron chi connectivity index (χ1n) is 11.8. The van der Waals surface area contributed by atoms with Crippen molar-refractivity contribution in [1.82, 2.24) is 4.90 Å². The summed E-state index contributed by atoms with van der Waals surface area (Å²) < 4.78 is 26.3. The highest BCUT2D eigenvalue weighted by molar-refractivity contribution is 5.79. The molecular formula is C29H26FNO3. The first-order chi connectivity index (χ1) is 16.6. The van der Waals surface area contributed by atoms with Crippen LogP contribution in [0.25, 0.3) is 16.7 Å². The molecule has 3 aromatic rings. The third-order valence-corrected chi connectivity index (χ3v) is 7.29. The van der Waals surface area contributed by atoms with Crippen LogP contribution in [0.4, 0.5) is 9.18 Å². The van der Waals surface area contributed by atoms with E-state index in [9.17, 15) is 9.18 Å². The summed E-state index contributed by atoms with van der Waals surface area (Å²) in [5.74, 6) is -0.204. The van der Waals surface area contributed by atoms with E-state index in [0.717, 1.165) is 11.1 Å². The molecule has 2 bridgehead atoms. The number of hydrogen-bond donors (Lipinski definition) is 0. The van der Waals surface area contributed by atoms with Crippen molar-refractivity contribution >= 4 is 11.7 Å². The number of halogens is 1. The van der Waals surface area contributed by atoms with Gasteiger partial charge in [-0.15, -0.1) is 0 Å². The second kappa shape index (κ2) is 8.41. The van der Waals surface area contributed by atoms with Gasteiger partial charge in [-0.3, -0.25) is 4.90 Å². The van der Waals surface area contributed by atoms with Gasteiger partial charge in [0.2, 0.25) is 0 Å². The molecule has 0 N–H and O–H groups in total. The van der Waals surface area contributed by atoms with E-state index in [2.05, 4.69) is 24.3 Å². The van der Waals surface area contributed by atoms with Crippen LogP contribution in [-0.4, -0.2) is 42.9 Å². The van der Waals surface area contributed by atoms with Crippen LogP contribution in [0.15, 0.2) is 72.8 Å². The summed E-state index contributed by atoms with van der Waals surface area (Å²) in [7, 11) is 0. The second-order valence-electron chi connectivity index (χ2n) is 9.30. The maximum Gasteiger partial charge on any atom is 0.410 e. The lowest BCUT2D eigenvalue weighted by Gasteiger charge is -2.44. The number of benzene rings is 3. The predicted molar refractivity (Wildman–Crippen MR) is 129 cm³/mol. The van der Waals surface area contributed by atoms with Crippen molar-refractivity contribution in [1.29, 1.82) is 0 Å². The Morgan fingerprint density at radius 1 is 1.00 bits per heavy atom. The molecule has 4 nitrogen and oxygen atoms in total. The van der Waals surface area contributed by atoms with Crippen LogP contribution in [0.3, 0.4) is 0 Å². The molecule has 34 heavy (non-hydrogen) atoms. The van der Waals surface area contributed by atoms with Crippen LogP contribution < -0.4 is 0 Å². The van der Waals surface area contributed by atoms with E-state index in [-0.39, 0.29) is 36.5 Å². The van der Waals surface area contributed by atoms with Crippen molar-refractivity contribution in [2.75, 3.05) is 19.8 Å². The van der Waals surface area contributed by atoms with E-state index in [1.165, 1.54) is 28.3 Å². The van der Waals surface area contributed by atoms with Gasteiger partial charge < -0.3 is 9.47 Å². The molecule has 0 aromatic heterocycles. The topological polar surface area (TPSA) is 38.8 Å². The molecule has 1 saturated heterocycles. The summed E-state index contributed by atoms with van der Waals surface area (Å²) in [5, 5.41) is 0. The molecule has 6 rings (SSSR count). The zero-order valence-electron chi connectivity index (χ0n) is 19.0. The minimum Gasteiger partial charge on any atom is -0.448 e. The van der Waals surface area contributed by atoms with Crippen LogP contribution >= 0.6 is 0 Å². The summed E-state index contributed by atoms with van der Waals surface area (Å²) in [4.78, 5) is 15.1. The lowest BCUT2D eigenvalue weighted by molar-refractivity contribution is -0.0331. The number of carbonyl (C=O) groups excluding carboxylic acids is 1. The summed E-state index contributed by atoms with van der Waals surface area (Å²) in [6.45, 7) is 3.01. The predicted octanol–water partition coefficient (Wildman–Crippen LogP) is 5.94. The summed E-state index contributed by atoms with van der Waals surface area (Å²) in [6.07, 6.45) is 2.19. The molecule has 0 radical (unpaired) electrons. The first-order valence-corrected chi connectivity index (χ1v) is 11.8. The van der Waals surface area contributed by atoms with Crippen molar-refractivity contribution in [3.05, 3.63) is 101 Å². The number of hydrogen-bond acceptors (Lipinski definition) is 3. The lowest BCUT2D eigenvalue weighted by Crippen LogP contribution is -2.56. The molecule has 2 aliphatic heterocycles. The Kier molecular flexibility index (Phi) is 5.22. The highest BCUT2D eigenvalue weighted by atomic mass is 19.1. The molecule has 3 aromatic carbocycles. The Morgan fingerprint density at radius 3 is 2.38 bits per heavy atom. The van der Waals surface area contributed by atoms with Crippen molar-refractivity contribution < 1.29 is 18.7 Å². The standard InChI is InChI=1S/C29H26FNO3/c1-18-7-6-12-27(30)28(18)19-13-20-15-33-16-21(14-19)31(20)29(32)34-17-26-24-10-4-2-8-22(24)23-9-3-5-11-25(23)26/h2-13,20-21,26H,14-17H2,1H3. The van der Waals surface area contributed by atoms with E-state index in [1.807, 2.05) is 43.3 Å². The molecule has 172 valence electrons. The Hall–Kier alpha value is -3.44. The van der Waals surface area contributed by atoms with Crippen LogP contribution in [0, 0.1) is 12.7 Å². The molecule has 2 atom stereocenters. The van der Waals surface area contributed by atoms with Gasteiger partial charge in [0.15, 0.2) is 0 Å². The van der Waals surface area contributed by atoms with Gasteiger partial charge >= 0.3 is 6.09 Å². The van der Waals surface area contributed by atoms with Crippen LogP contribution in [0.5, 0.6) is 0 Å². The van der Waals surface area contributed by atoms with Gasteiger partial charge in [-0.05, 0) is 52.8 Å². The summed E-state index contributed by atoms with van der Waals surface area (Å²) in [6, 6.07) is 21.3. The van der Waals surface area contributed by atoms with Crippen LogP contribution in [0.1, 0.15) is 34.6 Å². The van der Waals surface area contributed by atoms with Gasteiger partial charge in [0.25, 0.3) is 0 Å². The molecule has 0 saturated carbocycles. The lowest BCUT2D eigenvalue weighted by atomic mass is 9.88. The fourth-order valence-corrected chi connectivity index (χ4v) is 5.77. The van der Waals surface area contributed by atoms with Crippen molar-refractivity contribution in [3.8, 4) is 11.1 Å². The Morgan fingerprint density at radius 2 is 1.71 bits per heavy atom. The summed E-state index contributed by atoms with van der Waals surface area (Å²) >= 11 is 0. The van der Waals surface area contributed by atoms with Crippen molar-refractivity contribution in [2.24, 2.45) is 0 Å². The first kappa shape index (κ1) is 21.1. The van der Waals surface area contributed by atoms with Crippen molar-refractivity contribution in [3.63, 3.8) is 0 Å². The van der Waals surface area contributed by atoms with Crippen molar-refractivity contribution in [2.45, 2.75) is 31.3 Å². The SMILES string of the molecule is Cc1cccc(F)c1C1=CC2COCC(C1)N2C(=O)OCC1c2ccccc2-c2ccccc21. The van der Waals surface area contributed by atoms with E-state index in [0.29, 0.717) is 25.2 Å². The minimum absolute atomic E-state index is 0.0180. The smallest absolute Gasteiger partial charge is 0.410 e. The van der Waals surface area contributed by atoms with Gasteiger partial charge in [0, 0.05) is 11.5 Å². The highest BCUT2D eigenvalue weighted by Crippen LogP contribution is 2.44. The zero-order valence-corrected chi connectivity index (χ0v) is 19.0. The largest absolute Gasteiger partial charge is 0.448 e. The molecule has 2 heterocycles. The number of nitrogens with zero attached hydrogens (tertiary/aromatic N) is 1. The zero-order chi connectivity index (χ0) is 23.2. The van der Waals surface area contributed by atoms with E-state index in [1.54, 1.807) is 11.0 Å². The second-order valence-corrected chi connectivity index (χ2v) is 9.30. The third-order valence-electron chi connectivity index (χ3n) is 7.29. The monoisotopic (exact) mass is 455 g/mol. The van der Waals surface area contributed by atoms with Gasteiger partial charge in [0.05, 0.1) is 25.3 Å².